The Balaban J connectivity index is 1.62. The van der Waals surface area contributed by atoms with Gasteiger partial charge in [0.05, 0.1) is 7.11 Å². The molecular formula is C21H20N4O3. The average molecular weight is 376 g/mol. The summed E-state index contributed by atoms with van der Waals surface area (Å²) in [6.45, 7) is 0. The van der Waals surface area contributed by atoms with E-state index in [0.29, 0.717) is 6.42 Å². The van der Waals surface area contributed by atoms with E-state index in [-0.39, 0.29) is 23.6 Å². The number of para-hydroxylation sites is 1. The number of nitrogens with one attached hydrogen (secondary N) is 4. The third kappa shape index (κ3) is 3.42. The maximum absolute atomic E-state index is 12.3. The van der Waals surface area contributed by atoms with Crippen LogP contribution < -0.4 is 15.6 Å². The maximum atomic E-state index is 12.3. The van der Waals surface area contributed by atoms with E-state index < -0.39 is 0 Å². The third-order valence-electron chi connectivity index (χ3n) is 4.72. The first kappa shape index (κ1) is 17.7. The second kappa shape index (κ2) is 7.48. The van der Waals surface area contributed by atoms with Crippen LogP contribution in [0.1, 0.15) is 12.0 Å². The predicted molar refractivity (Wildman–Crippen MR) is 109 cm³/mol. The van der Waals surface area contributed by atoms with Crippen molar-refractivity contribution in [2.45, 2.75) is 12.8 Å². The second-order valence-corrected chi connectivity index (χ2v) is 6.46. The van der Waals surface area contributed by atoms with E-state index in [1.807, 2.05) is 48.5 Å². The summed E-state index contributed by atoms with van der Waals surface area (Å²) >= 11 is 0. The molecule has 0 spiro atoms. The van der Waals surface area contributed by atoms with Gasteiger partial charge in [-0.25, -0.2) is 0 Å². The Kier molecular flexibility index (Phi) is 4.72. The van der Waals surface area contributed by atoms with Gasteiger partial charge in [-0.15, -0.1) is 0 Å². The largest absolute Gasteiger partial charge is 0.497 e. The molecule has 4 N–H and O–H groups in total. The van der Waals surface area contributed by atoms with Crippen molar-refractivity contribution in [3.05, 3.63) is 70.6 Å². The number of ether oxygens (including phenoxy) is 1. The Hall–Kier alpha value is -3.74. The summed E-state index contributed by atoms with van der Waals surface area (Å²) in [5.74, 6) is 0.577. The number of hydrogen-bond donors (Lipinski definition) is 4. The third-order valence-corrected chi connectivity index (χ3v) is 4.72. The molecule has 28 heavy (non-hydrogen) atoms. The van der Waals surface area contributed by atoms with Gasteiger partial charge in [-0.1, -0.05) is 18.2 Å². The summed E-state index contributed by atoms with van der Waals surface area (Å²) in [5.41, 5.74) is 3.97. The minimum Gasteiger partial charge on any atom is -0.497 e. The van der Waals surface area contributed by atoms with Crippen molar-refractivity contribution in [3.8, 4) is 17.0 Å². The zero-order valence-electron chi connectivity index (χ0n) is 15.3. The van der Waals surface area contributed by atoms with Gasteiger partial charge in [0.15, 0.2) is 0 Å². The van der Waals surface area contributed by atoms with Crippen LogP contribution in [0.5, 0.6) is 5.75 Å². The van der Waals surface area contributed by atoms with Gasteiger partial charge in [0.25, 0.3) is 5.56 Å². The molecule has 4 aromatic rings. The molecule has 142 valence electrons. The van der Waals surface area contributed by atoms with Crippen molar-refractivity contribution in [2.24, 2.45) is 0 Å². The Morgan fingerprint density at radius 2 is 1.89 bits per heavy atom. The van der Waals surface area contributed by atoms with Gasteiger partial charge in [0.1, 0.15) is 11.4 Å². The quantitative estimate of drug-likeness (QED) is 0.414. The lowest BCUT2D eigenvalue weighted by Crippen LogP contribution is -2.17. The minimum absolute atomic E-state index is 0.212. The molecule has 0 saturated heterocycles. The van der Waals surface area contributed by atoms with Crippen LogP contribution in [0.2, 0.25) is 0 Å². The summed E-state index contributed by atoms with van der Waals surface area (Å²) in [7, 11) is 1.64. The van der Waals surface area contributed by atoms with Gasteiger partial charge in [0.2, 0.25) is 5.91 Å². The molecule has 0 aliphatic rings. The number of benzene rings is 2. The standard InChI is InChI=1S/C21H20N4O3/c1-28-14-8-6-13(7-9-14)20-16(15-4-2-3-5-17(15)24-20)10-11-19(26)23-18-12-22-25-21(18)27/h2-9,12,24H,10-11H2,1H3,(H,23,26)(H2,22,25,27). The number of aromatic nitrogens is 3. The summed E-state index contributed by atoms with van der Waals surface area (Å²) in [4.78, 5) is 27.3. The Morgan fingerprint density at radius 3 is 2.61 bits per heavy atom. The number of aromatic amines is 3. The van der Waals surface area contributed by atoms with E-state index in [1.54, 1.807) is 7.11 Å². The first-order valence-electron chi connectivity index (χ1n) is 8.95. The molecule has 7 nitrogen and oxygen atoms in total. The van der Waals surface area contributed by atoms with E-state index in [0.717, 1.165) is 33.5 Å². The summed E-state index contributed by atoms with van der Waals surface area (Å²) in [6, 6.07) is 15.8. The van der Waals surface area contributed by atoms with Crippen molar-refractivity contribution in [2.75, 3.05) is 12.4 Å². The smallest absolute Gasteiger partial charge is 0.287 e. The molecule has 2 aromatic heterocycles. The number of H-pyrrole nitrogens is 3. The average Bonchev–Trinajstić information content (AvgIpc) is 3.30. The van der Waals surface area contributed by atoms with Crippen LogP contribution in [0.25, 0.3) is 22.2 Å². The maximum Gasteiger partial charge on any atom is 0.287 e. The lowest BCUT2D eigenvalue weighted by atomic mass is 10.0. The Labute approximate surface area is 160 Å². The predicted octanol–water partition coefficient (Wildman–Crippen LogP) is 3.43. The van der Waals surface area contributed by atoms with Crippen molar-refractivity contribution in [1.29, 1.82) is 0 Å². The summed E-state index contributed by atoms with van der Waals surface area (Å²) in [5, 5.41) is 8.69. The highest BCUT2D eigenvalue weighted by molar-refractivity contribution is 5.93. The van der Waals surface area contributed by atoms with Crippen LogP contribution in [0.15, 0.2) is 59.5 Å². The zero-order chi connectivity index (χ0) is 19.5. The number of anilines is 1. The number of carbonyl (C=O) groups excluding carboxylic acids is 1. The number of aryl methyl sites for hydroxylation is 1. The molecule has 0 aliphatic carbocycles. The number of fused-ring (bicyclic) bond motifs is 1. The van der Waals surface area contributed by atoms with Gasteiger partial charge >= 0.3 is 0 Å². The number of carbonyl (C=O) groups is 1. The fourth-order valence-corrected chi connectivity index (χ4v) is 3.31. The first-order valence-corrected chi connectivity index (χ1v) is 8.95. The first-order chi connectivity index (χ1) is 13.7. The van der Waals surface area contributed by atoms with Gasteiger partial charge < -0.3 is 20.1 Å². The molecule has 0 saturated carbocycles. The molecule has 0 aliphatic heterocycles. The van der Waals surface area contributed by atoms with Crippen LogP contribution in [0.4, 0.5) is 5.69 Å². The molecule has 7 heteroatoms. The number of amides is 1. The normalized spacial score (nSPS) is 10.9. The molecule has 0 fully saturated rings. The Morgan fingerprint density at radius 1 is 1.11 bits per heavy atom. The van der Waals surface area contributed by atoms with E-state index in [4.69, 9.17) is 4.74 Å². The van der Waals surface area contributed by atoms with Crippen molar-refractivity contribution >= 4 is 22.5 Å². The van der Waals surface area contributed by atoms with E-state index in [1.165, 1.54) is 6.20 Å². The molecule has 2 aromatic carbocycles. The van der Waals surface area contributed by atoms with Crippen LogP contribution in [0, 0.1) is 0 Å². The van der Waals surface area contributed by atoms with Crippen molar-refractivity contribution in [1.82, 2.24) is 15.2 Å². The SMILES string of the molecule is COc1ccc(-c2[nH]c3ccccc3c2CCC(=O)Nc2c[nH][nH]c2=O)cc1. The van der Waals surface area contributed by atoms with Gasteiger partial charge in [-0.3, -0.25) is 14.7 Å². The van der Waals surface area contributed by atoms with Crippen LogP contribution >= 0.6 is 0 Å². The van der Waals surface area contributed by atoms with Crippen molar-refractivity contribution in [3.63, 3.8) is 0 Å². The van der Waals surface area contributed by atoms with Gasteiger partial charge in [0, 0.05) is 29.2 Å². The molecule has 0 atom stereocenters. The highest BCUT2D eigenvalue weighted by Gasteiger charge is 2.15. The second-order valence-electron chi connectivity index (χ2n) is 6.46. The zero-order valence-corrected chi connectivity index (χ0v) is 15.3. The van der Waals surface area contributed by atoms with E-state index >= 15 is 0 Å². The summed E-state index contributed by atoms with van der Waals surface area (Å²) in [6.07, 6.45) is 2.24. The van der Waals surface area contributed by atoms with Crippen LogP contribution in [-0.4, -0.2) is 28.2 Å². The van der Waals surface area contributed by atoms with Crippen LogP contribution in [-0.2, 0) is 11.2 Å². The molecular weight excluding hydrogens is 356 g/mol. The molecule has 1 amide bonds. The minimum atomic E-state index is -0.348. The highest BCUT2D eigenvalue weighted by Crippen LogP contribution is 2.32. The Bertz CT molecular complexity index is 1170. The summed E-state index contributed by atoms with van der Waals surface area (Å²) < 4.78 is 5.24. The van der Waals surface area contributed by atoms with E-state index in [2.05, 4.69) is 20.5 Å². The number of methoxy groups -OCH3 is 1. The molecule has 0 bridgehead atoms. The fraction of sp³-hybridized carbons (Fsp3) is 0.143. The molecule has 0 radical (unpaired) electrons. The molecule has 4 rings (SSSR count). The lowest BCUT2D eigenvalue weighted by molar-refractivity contribution is -0.116. The van der Waals surface area contributed by atoms with Gasteiger partial charge in [-0.2, -0.15) is 0 Å². The highest BCUT2D eigenvalue weighted by atomic mass is 16.5. The lowest BCUT2D eigenvalue weighted by Gasteiger charge is -2.07. The van der Waals surface area contributed by atoms with E-state index in [9.17, 15) is 9.59 Å². The number of rotatable bonds is 6. The topological polar surface area (TPSA) is 103 Å². The number of hydrogen-bond acceptors (Lipinski definition) is 3. The monoisotopic (exact) mass is 376 g/mol. The fourth-order valence-electron chi connectivity index (χ4n) is 3.31. The van der Waals surface area contributed by atoms with Gasteiger partial charge in [-0.05, 0) is 47.9 Å². The molecule has 0 unspecified atom stereocenters. The van der Waals surface area contributed by atoms with Crippen LogP contribution in [0.3, 0.4) is 0 Å². The van der Waals surface area contributed by atoms with Crippen molar-refractivity contribution < 1.29 is 9.53 Å². The molecule has 2 heterocycles.